The van der Waals surface area contributed by atoms with Crippen LogP contribution in [0.4, 0.5) is 0 Å². The molecule has 0 fully saturated rings. The number of amides is 1. The topological polar surface area (TPSA) is 52.9 Å². The molecule has 0 spiro atoms. The highest BCUT2D eigenvalue weighted by molar-refractivity contribution is 6.30. The van der Waals surface area contributed by atoms with Crippen LogP contribution >= 0.6 is 11.6 Å². The van der Waals surface area contributed by atoms with Gasteiger partial charge in [0.15, 0.2) is 0 Å². The lowest BCUT2D eigenvalue weighted by Gasteiger charge is -2.24. The second kappa shape index (κ2) is 6.58. The van der Waals surface area contributed by atoms with Crippen LogP contribution in [0.5, 0.6) is 0 Å². The summed E-state index contributed by atoms with van der Waals surface area (Å²) in [5.74, 6) is -0.103. The van der Waals surface area contributed by atoms with E-state index in [1.807, 2.05) is 39.0 Å². The van der Waals surface area contributed by atoms with Crippen molar-refractivity contribution in [3.05, 3.63) is 47.0 Å². The normalized spacial score (nSPS) is 12.3. The van der Waals surface area contributed by atoms with Crippen LogP contribution < -0.4 is 5.32 Å². The fourth-order valence-electron chi connectivity index (χ4n) is 1.79. The van der Waals surface area contributed by atoms with Crippen LogP contribution in [-0.4, -0.2) is 5.91 Å². The highest BCUT2D eigenvalue weighted by Crippen LogP contribution is 2.28. The van der Waals surface area contributed by atoms with E-state index in [4.69, 9.17) is 16.9 Å². The summed E-state index contributed by atoms with van der Waals surface area (Å²) in [6.45, 7) is 9.28. The SMILES string of the molecule is C=C(C#N)C(C)(C)CC(=O)NC(C)c1ccc(Cl)cc1. The maximum Gasteiger partial charge on any atom is 0.221 e. The number of nitrogens with zero attached hydrogens (tertiary/aromatic N) is 1. The maximum atomic E-state index is 12.0. The van der Waals surface area contributed by atoms with Gasteiger partial charge < -0.3 is 5.32 Å². The smallest absolute Gasteiger partial charge is 0.221 e. The van der Waals surface area contributed by atoms with Gasteiger partial charge in [-0.25, -0.2) is 0 Å². The van der Waals surface area contributed by atoms with Gasteiger partial charge in [0.25, 0.3) is 0 Å². The minimum Gasteiger partial charge on any atom is -0.350 e. The van der Waals surface area contributed by atoms with Crippen LogP contribution in [0.25, 0.3) is 0 Å². The molecule has 4 heteroatoms. The van der Waals surface area contributed by atoms with Crippen LogP contribution in [0.15, 0.2) is 36.4 Å². The summed E-state index contributed by atoms with van der Waals surface area (Å²) in [4.78, 5) is 12.0. The molecular formula is C16H19ClN2O. The Balaban J connectivity index is 2.65. The Kier molecular flexibility index (Phi) is 5.35. The van der Waals surface area contributed by atoms with E-state index in [1.54, 1.807) is 12.1 Å². The molecule has 1 N–H and O–H groups in total. The zero-order chi connectivity index (χ0) is 15.3. The van der Waals surface area contributed by atoms with E-state index >= 15 is 0 Å². The van der Waals surface area contributed by atoms with Crippen LogP contribution in [0.2, 0.25) is 5.02 Å². The van der Waals surface area contributed by atoms with Crippen LogP contribution in [0.3, 0.4) is 0 Å². The van der Waals surface area contributed by atoms with Gasteiger partial charge in [-0.05, 0) is 24.6 Å². The Morgan fingerprint density at radius 2 is 2.00 bits per heavy atom. The predicted molar refractivity (Wildman–Crippen MR) is 81.2 cm³/mol. The molecule has 0 radical (unpaired) electrons. The van der Waals surface area contributed by atoms with Crippen molar-refractivity contribution in [2.75, 3.05) is 0 Å². The molecule has 1 unspecified atom stereocenters. The minimum absolute atomic E-state index is 0.103. The number of carbonyl (C=O) groups excluding carboxylic acids is 1. The van der Waals surface area contributed by atoms with Crippen molar-refractivity contribution in [3.8, 4) is 6.07 Å². The third kappa shape index (κ3) is 4.40. The standard InChI is InChI=1S/C16H19ClN2O/c1-11(10-18)16(3,4)9-15(20)19-12(2)13-5-7-14(17)8-6-13/h5-8,12H,1,9H2,2-4H3,(H,19,20). The van der Waals surface area contributed by atoms with Gasteiger partial charge in [-0.2, -0.15) is 5.26 Å². The van der Waals surface area contributed by atoms with E-state index in [2.05, 4.69) is 11.9 Å². The lowest BCUT2D eigenvalue weighted by atomic mass is 9.82. The molecule has 1 atom stereocenters. The molecule has 1 rings (SSSR count). The van der Waals surface area contributed by atoms with Crippen LogP contribution in [0.1, 0.15) is 38.8 Å². The van der Waals surface area contributed by atoms with Gasteiger partial charge in [0.05, 0.1) is 12.1 Å². The average molecular weight is 291 g/mol. The van der Waals surface area contributed by atoms with E-state index in [0.29, 0.717) is 10.6 Å². The number of nitrogens with one attached hydrogen (secondary N) is 1. The Hall–Kier alpha value is -1.79. The summed E-state index contributed by atoms with van der Waals surface area (Å²) in [7, 11) is 0. The fraction of sp³-hybridized carbons (Fsp3) is 0.375. The monoisotopic (exact) mass is 290 g/mol. The Labute approximate surface area is 125 Å². The van der Waals surface area contributed by atoms with Crippen molar-refractivity contribution in [2.45, 2.75) is 33.2 Å². The molecule has 3 nitrogen and oxygen atoms in total. The van der Waals surface area contributed by atoms with Crippen molar-refractivity contribution in [1.29, 1.82) is 5.26 Å². The van der Waals surface area contributed by atoms with E-state index in [9.17, 15) is 4.79 Å². The number of rotatable bonds is 5. The van der Waals surface area contributed by atoms with E-state index < -0.39 is 5.41 Å². The first-order valence-electron chi connectivity index (χ1n) is 6.40. The number of allylic oxidation sites excluding steroid dienone is 1. The van der Waals surface area contributed by atoms with Crippen LogP contribution in [0, 0.1) is 16.7 Å². The fourth-order valence-corrected chi connectivity index (χ4v) is 1.91. The number of carbonyl (C=O) groups is 1. The second-order valence-corrected chi connectivity index (χ2v) is 5.93. The molecule has 0 aliphatic rings. The Morgan fingerprint density at radius 1 is 1.45 bits per heavy atom. The quantitative estimate of drug-likeness (QED) is 0.833. The Bertz CT molecular complexity index is 541. The molecule has 0 saturated heterocycles. The molecule has 0 saturated carbocycles. The van der Waals surface area contributed by atoms with E-state index in [1.165, 1.54) is 0 Å². The lowest BCUT2D eigenvalue weighted by Crippen LogP contribution is -2.31. The van der Waals surface area contributed by atoms with Gasteiger partial charge in [-0.3, -0.25) is 4.79 Å². The first-order valence-corrected chi connectivity index (χ1v) is 6.78. The maximum absolute atomic E-state index is 12.0. The molecule has 0 aromatic heterocycles. The molecule has 1 amide bonds. The lowest BCUT2D eigenvalue weighted by molar-refractivity contribution is -0.123. The summed E-state index contributed by atoms with van der Waals surface area (Å²) >= 11 is 5.83. The van der Waals surface area contributed by atoms with E-state index in [-0.39, 0.29) is 18.4 Å². The van der Waals surface area contributed by atoms with Gasteiger partial charge in [-0.15, -0.1) is 0 Å². The summed E-state index contributed by atoms with van der Waals surface area (Å²) in [5, 5.41) is 12.5. The largest absolute Gasteiger partial charge is 0.350 e. The van der Waals surface area contributed by atoms with Gasteiger partial charge in [0.1, 0.15) is 0 Å². The highest BCUT2D eigenvalue weighted by Gasteiger charge is 2.26. The van der Waals surface area contributed by atoms with Gasteiger partial charge >= 0.3 is 0 Å². The molecule has 106 valence electrons. The number of nitriles is 1. The first-order chi connectivity index (χ1) is 9.26. The summed E-state index contributed by atoms with van der Waals surface area (Å²) < 4.78 is 0. The van der Waals surface area contributed by atoms with Crippen LogP contribution in [-0.2, 0) is 4.79 Å². The van der Waals surface area contributed by atoms with E-state index in [0.717, 1.165) is 5.56 Å². The molecule has 0 bridgehead atoms. The molecule has 0 aliphatic carbocycles. The summed E-state index contributed by atoms with van der Waals surface area (Å²) in [6.07, 6.45) is 0.233. The summed E-state index contributed by atoms with van der Waals surface area (Å²) in [6, 6.07) is 9.26. The zero-order valence-electron chi connectivity index (χ0n) is 12.0. The van der Waals surface area contributed by atoms with Gasteiger partial charge in [-0.1, -0.05) is 44.2 Å². The number of hydrogen-bond acceptors (Lipinski definition) is 2. The number of halogens is 1. The van der Waals surface area contributed by atoms with Crippen molar-refractivity contribution in [1.82, 2.24) is 5.32 Å². The molecule has 1 aromatic carbocycles. The average Bonchev–Trinajstić information content (AvgIpc) is 2.37. The second-order valence-electron chi connectivity index (χ2n) is 5.49. The van der Waals surface area contributed by atoms with Crippen molar-refractivity contribution < 1.29 is 4.79 Å². The molecule has 20 heavy (non-hydrogen) atoms. The van der Waals surface area contributed by atoms with Crippen molar-refractivity contribution in [3.63, 3.8) is 0 Å². The predicted octanol–water partition coefficient (Wildman–Crippen LogP) is 4.01. The number of hydrogen-bond donors (Lipinski definition) is 1. The molecule has 0 heterocycles. The minimum atomic E-state index is -0.529. The van der Waals surface area contributed by atoms with Crippen molar-refractivity contribution >= 4 is 17.5 Å². The van der Waals surface area contributed by atoms with Gasteiger partial charge in [0.2, 0.25) is 5.91 Å². The summed E-state index contributed by atoms with van der Waals surface area (Å²) in [5.41, 5.74) is 0.866. The Morgan fingerprint density at radius 3 is 2.50 bits per heavy atom. The molecule has 1 aromatic rings. The first kappa shape index (κ1) is 16.3. The number of benzene rings is 1. The molecule has 0 aliphatic heterocycles. The molecular weight excluding hydrogens is 272 g/mol. The van der Waals surface area contributed by atoms with Crippen molar-refractivity contribution in [2.24, 2.45) is 5.41 Å². The highest BCUT2D eigenvalue weighted by atomic mass is 35.5. The van der Waals surface area contributed by atoms with Gasteiger partial charge in [0, 0.05) is 22.4 Å². The zero-order valence-corrected chi connectivity index (χ0v) is 12.8. The third-order valence-electron chi connectivity index (χ3n) is 3.30. The third-order valence-corrected chi connectivity index (χ3v) is 3.55.